The average molecular weight is 472 g/mol. The lowest BCUT2D eigenvalue weighted by Gasteiger charge is -2.24. The molecule has 1 unspecified atom stereocenters. The fourth-order valence-corrected chi connectivity index (χ4v) is 4.68. The number of nitrogens with two attached hydrogens (primary N) is 1. The number of hydrogen-bond donors (Lipinski definition) is 4. The van der Waals surface area contributed by atoms with Crippen molar-refractivity contribution in [2.45, 2.75) is 31.8 Å². The molecule has 10 heteroatoms. The van der Waals surface area contributed by atoms with E-state index in [1.165, 1.54) is 4.90 Å². The summed E-state index contributed by atoms with van der Waals surface area (Å²) < 4.78 is 26.9. The van der Waals surface area contributed by atoms with E-state index in [9.17, 15) is 18.0 Å². The molecule has 9 nitrogen and oxygen atoms in total. The zero-order chi connectivity index (χ0) is 23.8. The first-order valence-electron chi connectivity index (χ1n) is 10.8. The Hall–Kier alpha value is -3.24. The van der Waals surface area contributed by atoms with E-state index in [4.69, 9.17) is 11.1 Å². The molecule has 1 saturated heterocycles. The van der Waals surface area contributed by atoms with Crippen LogP contribution in [0.25, 0.3) is 0 Å². The Bertz CT molecular complexity index is 1090. The van der Waals surface area contributed by atoms with Gasteiger partial charge in [0.25, 0.3) is 0 Å². The van der Waals surface area contributed by atoms with Gasteiger partial charge in [0.1, 0.15) is 11.9 Å². The van der Waals surface area contributed by atoms with Crippen molar-refractivity contribution < 1.29 is 18.0 Å². The van der Waals surface area contributed by atoms with Crippen molar-refractivity contribution in [2.75, 3.05) is 18.8 Å². The minimum Gasteiger partial charge on any atom is -0.384 e. The van der Waals surface area contributed by atoms with Gasteiger partial charge in [-0.25, -0.2) is 13.1 Å². The van der Waals surface area contributed by atoms with Crippen molar-refractivity contribution >= 4 is 27.7 Å². The number of nitrogens with zero attached hydrogens (tertiary/aromatic N) is 1. The number of carbonyl (C=O) groups excluding carboxylic acids is 2. The Balaban J connectivity index is 1.48. The molecule has 5 N–H and O–H groups in total. The lowest BCUT2D eigenvalue weighted by Crippen LogP contribution is -2.49. The highest BCUT2D eigenvalue weighted by molar-refractivity contribution is 7.89. The molecule has 0 radical (unpaired) electrons. The molecule has 1 aliphatic rings. The van der Waals surface area contributed by atoms with E-state index in [0.29, 0.717) is 31.4 Å². The van der Waals surface area contributed by atoms with Crippen LogP contribution in [-0.4, -0.2) is 55.9 Å². The second kappa shape index (κ2) is 11.1. The molecule has 33 heavy (non-hydrogen) atoms. The zero-order valence-corrected chi connectivity index (χ0v) is 19.1. The molecular weight excluding hydrogens is 442 g/mol. The topological polar surface area (TPSA) is 145 Å². The summed E-state index contributed by atoms with van der Waals surface area (Å²) >= 11 is 0. The van der Waals surface area contributed by atoms with Crippen molar-refractivity contribution in [2.24, 2.45) is 5.73 Å². The van der Waals surface area contributed by atoms with Crippen molar-refractivity contribution in [3.05, 3.63) is 71.3 Å². The molecular formula is C23H29N5O4S. The Labute approximate surface area is 193 Å². The third kappa shape index (κ3) is 7.13. The molecule has 176 valence electrons. The SMILES string of the molecule is N=C(N)c1ccc(CNC(=O)C2CCCN2C(=O)CNS(=O)(=O)CCc2ccccc2)cc1. The number of nitrogens with one attached hydrogen (secondary N) is 3. The highest BCUT2D eigenvalue weighted by Crippen LogP contribution is 2.18. The van der Waals surface area contributed by atoms with E-state index in [1.807, 2.05) is 30.3 Å². The minimum absolute atomic E-state index is 0.0265. The zero-order valence-electron chi connectivity index (χ0n) is 18.3. The standard InChI is InChI=1S/C23H29N5O4S/c24-22(25)19-10-8-18(9-11-19)15-26-23(30)20-7-4-13-28(20)21(29)16-27-33(31,32)14-12-17-5-2-1-3-6-17/h1-3,5-6,8-11,20,27H,4,7,12-16H2,(H3,24,25)(H,26,30). The van der Waals surface area contributed by atoms with Crippen LogP contribution in [0.4, 0.5) is 0 Å². The van der Waals surface area contributed by atoms with Crippen LogP contribution < -0.4 is 15.8 Å². The molecule has 2 aromatic rings. The Morgan fingerprint density at radius 1 is 1.06 bits per heavy atom. The van der Waals surface area contributed by atoms with Gasteiger partial charge >= 0.3 is 0 Å². The molecule has 1 fully saturated rings. The van der Waals surface area contributed by atoms with Crippen molar-refractivity contribution in [3.63, 3.8) is 0 Å². The van der Waals surface area contributed by atoms with Crippen LogP contribution in [0.3, 0.4) is 0 Å². The van der Waals surface area contributed by atoms with E-state index in [2.05, 4.69) is 10.0 Å². The number of amidine groups is 1. The van der Waals surface area contributed by atoms with Crippen LogP contribution in [0, 0.1) is 5.41 Å². The van der Waals surface area contributed by atoms with Gasteiger partial charge in [0.2, 0.25) is 21.8 Å². The summed E-state index contributed by atoms with van der Waals surface area (Å²) in [5.74, 6) is -0.831. The summed E-state index contributed by atoms with van der Waals surface area (Å²) in [5, 5.41) is 10.2. The molecule has 1 atom stereocenters. The molecule has 0 bridgehead atoms. The van der Waals surface area contributed by atoms with Crippen LogP contribution in [0.2, 0.25) is 0 Å². The van der Waals surface area contributed by atoms with Gasteiger partial charge in [-0.05, 0) is 30.4 Å². The Morgan fingerprint density at radius 3 is 2.42 bits per heavy atom. The van der Waals surface area contributed by atoms with Gasteiger partial charge in [0, 0.05) is 18.7 Å². The number of aryl methyl sites for hydroxylation is 1. The predicted molar refractivity (Wildman–Crippen MR) is 126 cm³/mol. The third-order valence-electron chi connectivity index (χ3n) is 5.55. The van der Waals surface area contributed by atoms with Gasteiger partial charge in [-0.2, -0.15) is 0 Å². The van der Waals surface area contributed by atoms with E-state index in [1.54, 1.807) is 24.3 Å². The first-order valence-corrected chi connectivity index (χ1v) is 12.4. The quantitative estimate of drug-likeness (QED) is 0.298. The minimum atomic E-state index is -3.62. The normalized spacial score (nSPS) is 15.9. The van der Waals surface area contributed by atoms with Gasteiger partial charge in [-0.1, -0.05) is 54.6 Å². The summed E-state index contributed by atoms with van der Waals surface area (Å²) in [7, 11) is -3.62. The number of amides is 2. The van der Waals surface area contributed by atoms with Crippen molar-refractivity contribution in [1.82, 2.24) is 14.9 Å². The van der Waals surface area contributed by atoms with Crippen LogP contribution in [0.1, 0.15) is 29.5 Å². The van der Waals surface area contributed by atoms with E-state index in [-0.39, 0.29) is 30.6 Å². The monoisotopic (exact) mass is 471 g/mol. The number of rotatable bonds is 10. The summed E-state index contributed by atoms with van der Waals surface area (Å²) in [6, 6.07) is 15.6. The molecule has 0 saturated carbocycles. The van der Waals surface area contributed by atoms with Crippen LogP contribution in [-0.2, 0) is 32.6 Å². The van der Waals surface area contributed by atoms with Gasteiger partial charge in [-0.3, -0.25) is 15.0 Å². The number of hydrogen-bond acceptors (Lipinski definition) is 5. The van der Waals surface area contributed by atoms with E-state index >= 15 is 0 Å². The first kappa shape index (κ1) is 24.4. The van der Waals surface area contributed by atoms with Crippen molar-refractivity contribution in [3.8, 4) is 0 Å². The number of sulfonamides is 1. The maximum Gasteiger partial charge on any atom is 0.243 e. The lowest BCUT2D eigenvalue weighted by molar-refractivity contribution is -0.137. The average Bonchev–Trinajstić information content (AvgIpc) is 3.31. The van der Waals surface area contributed by atoms with Gasteiger partial charge in [-0.15, -0.1) is 0 Å². The van der Waals surface area contributed by atoms with Crippen LogP contribution in [0.15, 0.2) is 54.6 Å². The number of carbonyl (C=O) groups is 2. The number of nitrogen functional groups attached to an aromatic ring is 1. The van der Waals surface area contributed by atoms with Gasteiger partial charge in [0.05, 0.1) is 12.3 Å². The van der Waals surface area contributed by atoms with Gasteiger partial charge < -0.3 is 16.0 Å². The maximum atomic E-state index is 12.7. The second-order valence-corrected chi connectivity index (χ2v) is 9.88. The van der Waals surface area contributed by atoms with Crippen LogP contribution >= 0.6 is 0 Å². The molecule has 1 aliphatic heterocycles. The van der Waals surface area contributed by atoms with E-state index in [0.717, 1.165) is 11.1 Å². The molecule has 0 aromatic heterocycles. The summed E-state index contributed by atoms with van der Waals surface area (Å²) in [4.78, 5) is 26.8. The molecule has 2 aromatic carbocycles. The first-order chi connectivity index (χ1) is 15.7. The molecule has 3 rings (SSSR count). The molecule has 1 heterocycles. The van der Waals surface area contributed by atoms with Crippen LogP contribution in [0.5, 0.6) is 0 Å². The highest BCUT2D eigenvalue weighted by Gasteiger charge is 2.34. The Kier molecular flexibility index (Phi) is 8.18. The summed E-state index contributed by atoms with van der Waals surface area (Å²) in [6.07, 6.45) is 1.56. The second-order valence-electron chi connectivity index (χ2n) is 7.95. The van der Waals surface area contributed by atoms with Crippen molar-refractivity contribution in [1.29, 1.82) is 5.41 Å². The fourth-order valence-electron chi connectivity index (χ4n) is 3.69. The van der Waals surface area contributed by atoms with E-state index < -0.39 is 22.0 Å². The highest BCUT2D eigenvalue weighted by atomic mass is 32.2. The predicted octanol–water partition coefficient (Wildman–Crippen LogP) is 0.740. The van der Waals surface area contributed by atoms with Gasteiger partial charge in [0.15, 0.2) is 0 Å². The lowest BCUT2D eigenvalue weighted by atomic mass is 10.1. The molecule has 0 spiro atoms. The third-order valence-corrected chi connectivity index (χ3v) is 6.88. The smallest absolute Gasteiger partial charge is 0.243 e. The maximum absolute atomic E-state index is 12.7. The number of likely N-dealkylation sites (tertiary alicyclic amines) is 1. The molecule has 2 amide bonds. The molecule has 0 aliphatic carbocycles. The Morgan fingerprint density at radius 2 is 1.76 bits per heavy atom. The summed E-state index contributed by atoms with van der Waals surface area (Å²) in [5.41, 5.74) is 7.79. The number of benzene rings is 2. The fraction of sp³-hybridized carbons (Fsp3) is 0.348. The largest absolute Gasteiger partial charge is 0.384 e. The summed E-state index contributed by atoms with van der Waals surface area (Å²) in [6.45, 7) is 0.324.